The minimum atomic E-state index is -0.349. The number of imide groups is 1. The smallest absolute Gasteiger partial charge is 0.324 e. The number of hydrogen-bond acceptors (Lipinski definition) is 5. The molecule has 1 fully saturated rings. The lowest BCUT2D eigenvalue weighted by atomic mass is 10.2. The maximum absolute atomic E-state index is 12.3. The molecular formula is C17H19Cl2N5O2S. The number of amides is 3. The van der Waals surface area contributed by atoms with Gasteiger partial charge in [-0.05, 0) is 24.1 Å². The van der Waals surface area contributed by atoms with Crippen LogP contribution in [0.25, 0.3) is 11.4 Å². The van der Waals surface area contributed by atoms with Gasteiger partial charge in [-0.2, -0.15) is 0 Å². The largest absolute Gasteiger partial charge is 0.336 e. The summed E-state index contributed by atoms with van der Waals surface area (Å²) in [5.74, 6) is 0.822. The van der Waals surface area contributed by atoms with Gasteiger partial charge in [0.2, 0.25) is 5.91 Å². The van der Waals surface area contributed by atoms with E-state index in [-0.39, 0.29) is 17.7 Å². The zero-order valence-electron chi connectivity index (χ0n) is 14.9. The number of carbonyl (C=O) groups excluding carboxylic acids is 2. The molecule has 1 N–H and O–H groups in total. The van der Waals surface area contributed by atoms with Crippen LogP contribution in [-0.2, 0) is 11.3 Å². The molecular weight excluding hydrogens is 409 g/mol. The molecule has 2 aromatic rings. The Morgan fingerprint density at radius 2 is 2.11 bits per heavy atom. The summed E-state index contributed by atoms with van der Waals surface area (Å²) in [7, 11) is 0. The van der Waals surface area contributed by atoms with Crippen molar-refractivity contribution in [1.29, 1.82) is 0 Å². The van der Waals surface area contributed by atoms with Gasteiger partial charge in [0.15, 0.2) is 11.0 Å². The van der Waals surface area contributed by atoms with Crippen molar-refractivity contribution in [2.45, 2.75) is 25.5 Å². The van der Waals surface area contributed by atoms with E-state index in [9.17, 15) is 9.59 Å². The zero-order valence-corrected chi connectivity index (χ0v) is 17.2. The topological polar surface area (TPSA) is 80.1 Å². The molecule has 1 aromatic heterocycles. The fourth-order valence-electron chi connectivity index (χ4n) is 2.71. The lowest BCUT2D eigenvalue weighted by Gasteiger charge is -2.14. The molecule has 1 aliphatic heterocycles. The van der Waals surface area contributed by atoms with Crippen molar-refractivity contribution in [2.24, 2.45) is 5.92 Å². The van der Waals surface area contributed by atoms with Crippen LogP contribution < -0.4 is 5.32 Å². The second kappa shape index (κ2) is 8.50. The third kappa shape index (κ3) is 4.56. The molecule has 1 aromatic carbocycles. The highest BCUT2D eigenvalue weighted by atomic mass is 35.5. The van der Waals surface area contributed by atoms with Crippen molar-refractivity contribution in [3.63, 3.8) is 0 Å². The summed E-state index contributed by atoms with van der Waals surface area (Å²) in [6, 6.07) is 4.87. The van der Waals surface area contributed by atoms with Crippen LogP contribution in [-0.4, -0.2) is 50.4 Å². The molecule has 0 spiro atoms. The second-order valence-electron chi connectivity index (χ2n) is 6.50. The Labute approximate surface area is 171 Å². The van der Waals surface area contributed by atoms with Gasteiger partial charge in [0.1, 0.15) is 0 Å². The quantitative estimate of drug-likeness (QED) is 0.712. The van der Waals surface area contributed by atoms with Gasteiger partial charge < -0.3 is 9.88 Å². The van der Waals surface area contributed by atoms with Gasteiger partial charge in [0, 0.05) is 30.2 Å². The molecule has 0 radical (unpaired) electrons. The molecule has 0 atom stereocenters. The van der Waals surface area contributed by atoms with Gasteiger partial charge in [0.25, 0.3) is 0 Å². The molecule has 1 aliphatic rings. The first-order chi connectivity index (χ1) is 12.9. The molecule has 10 heteroatoms. The number of nitrogens with zero attached hydrogens (tertiary/aromatic N) is 4. The summed E-state index contributed by atoms with van der Waals surface area (Å²) >= 11 is 13.6. The van der Waals surface area contributed by atoms with Crippen LogP contribution in [0.1, 0.15) is 13.8 Å². The molecule has 0 bridgehead atoms. The van der Waals surface area contributed by atoms with E-state index < -0.39 is 0 Å². The van der Waals surface area contributed by atoms with Crippen LogP contribution in [0.5, 0.6) is 0 Å². The van der Waals surface area contributed by atoms with E-state index in [0.717, 1.165) is 5.56 Å². The Balaban J connectivity index is 1.84. The Morgan fingerprint density at radius 3 is 2.74 bits per heavy atom. The summed E-state index contributed by atoms with van der Waals surface area (Å²) in [5, 5.41) is 12.8. The van der Waals surface area contributed by atoms with Crippen molar-refractivity contribution >= 4 is 46.9 Å². The Bertz CT molecular complexity index is 871. The highest BCUT2D eigenvalue weighted by Gasteiger charge is 2.27. The van der Waals surface area contributed by atoms with Crippen molar-refractivity contribution in [2.75, 3.05) is 18.8 Å². The highest BCUT2D eigenvalue weighted by Crippen LogP contribution is 2.32. The van der Waals surface area contributed by atoms with Gasteiger partial charge in [-0.3, -0.25) is 9.69 Å². The monoisotopic (exact) mass is 427 g/mol. The number of benzene rings is 1. The fraction of sp³-hybridized carbons (Fsp3) is 0.412. The lowest BCUT2D eigenvalue weighted by molar-refractivity contribution is -0.124. The predicted octanol–water partition coefficient (Wildman–Crippen LogP) is 3.55. The van der Waals surface area contributed by atoms with Crippen molar-refractivity contribution in [1.82, 2.24) is 25.0 Å². The minimum absolute atomic E-state index is 0.109. The molecule has 0 aliphatic carbocycles. The third-order valence-corrected chi connectivity index (χ3v) is 5.42. The Morgan fingerprint density at radius 1 is 1.33 bits per heavy atom. The predicted molar refractivity (Wildman–Crippen MR) is 106 cm³/mol. The SMILES string of the molecule is CC(C)Cn1c(SCC(=O)N2CCNC2=O)nnc1-c1ccc(Cl)cc1Cl. The first kappa shape index (κ1) is 20.0. The van der Waals surface area contributed by atoms with E-state index in [1.54, 1.807) is 18.2 Å². The number of aromatic nitrogens is 3. The first-order valence-corrected chi connectivity index (χ1v) is 10.2. The number of carbonyl (C=O) groups is 2. The molecule has 0 saturated carbocycles. The average Bonchev–Trinajstić information content (AvgIpc) is 3.19. The van der Waals surface area contributed by atoms with Crippen molar-refractivity contribution in [3.05, 3.63) is 28.2 Å². The molecule has 2 heterocycles. The maximum atomic E-state index is 12.3. The number of hydrogen-bond donors (Lipinski definition) is 1. The van der Waals surface area contributed by atoms with Crippen LogP contribution in [0.15, 0.2) is 23.4 Å². The van der Waals surface area contributed by atoms with E-state index in [2.05, 4.69) is 29.4 Å². The fourth-order valence-corrected chi connectivity index (χ4v) is 4.03. The molecule has 1 saturated heterocycles. The maximum Gasteiger partial charge on any atom is 0.324 e. The molecule has 7 nitrogen and oxygen atoms in total. The number of urea groups is 1. The standard InChI is InChI=1S/C17H19Cl2N5O2S/c1-10(2)8-24-15(12-4-3-11(18)7-13(12)19)21-22-17(24)27-9-14(25)23-6-5-20-16(23)26/h3-4,7,10H,5-6,8-9H2,1-2H3,(H,20,26). The van der Waals surface area contributed by atoms with E-state index in [1.165, 1.54) is 16.7 Å². The van der Waals surface area contributed by atoms with Gasteiger partial charge in [-0.1, -0.05) is 48.8 Å². The van der Waals surface area contributed by atoms with E-state index >= 15 is 0 Å². The van der Waals surface area contributed by atoms with Crippen LogP contribution in [0.4, 0.5) is 4.79 Å². The van der Waals surface area contributed by atoms with Gasteiger partial charge >= 0.3 is 6.03 Å². The molecule has 3 amide bonds. The number of rotatable bonds is 6. The van der Waals surface area contributed by atoms with Crippen LogP contribution in [0, 0.1) is 5.92 Å². The van der Waals surface area contributed by atoms with Crippen LogP contribution in [0.2, 0.25) is 10.0 Å². The average molecular weight is 428 g/mol. The summed E-state index contributed by atoms with van der Waals surface area (Å²) in [6.45, 7) is 5.71. The summed E-state index contributed by atoms with van der Waals surface area (Å²) in [6.07, 6.45) is 0. The molecule has 0 unspecified atom stereocenters. The van der Waals surface area contributed by atoms with E-state index in [0.29, 0.717) is 46.6 Å². The highest BCUT2D eigenvalue weighted by molar-refractivity contribution is 7.99. The number of halogens is 2. The molecule has 27 heavy (non-hydrogen) atoms. The van der Waals surface area contributed by atoms with Gasteiger partial charge in [-0.15, -0.1) is 10.2 Å². The lowest BCUT2D eigenvalue weighted by Crippen LogP contribution is -2.35. The Hall–Kier alpha value is -1.77. The van der Waals surface area contributed by atoms with Gasteiger partial charge in [-0.25, -0.2) is 4.79 Å². The number of thioether (sulfide) groups is 1. The normalized spacial score (nSPS) is 14.1. The third-order valence-electron chi connectivity index (χ3n) is 3.92. The first-order valence-electron chi connectivity index (χ1n) is 8.46. The van der Waals surface area contributed by atoms with Crippen LogP contribution in [0.3, 0.4) is 0 Å². The van der Waals surface area contributed by atoms with E-state index in [4.69, 9.17) is 23.2 Å². The molecule has 3 rings (SSSR count). The second-order valence-corrected chi connectivity index (χ2v) is 8.29. The van der Waals surface area contributed by atoms with Crippen LogP contribution >= 0.6 is 35.0 Å². The minimum Gasteiger partial charge on any atom is -0.336 e. The summed E-state index contributed by atoms with van der Waals surface area (Å²) < 4.78 is 1.95. The number of nitrogens with one attached hydrogen (secondary N) is 1. The molecule has 144 valence electrons. The van der Waals surface area contributed by atoms with Crippen molar-refractivity contribution < 1.29 is 9.59 Å². The van der Waals surface area contributed by atoms with E-state index in [1.807, 2.05) is 4.57 Å². The summed E-state index contributed by atoms with van der Waals surface area (Å²) in [4.78, 5) is 25.1. The Kier molecular flexibility index (Phi) is 6.29. The summed E-state index contributed by atoms with van der Waals surface area (Å²) in [5.41, 5.74) is 0.728. The zero-order chi connectivity index (χ0) is 19.6. The van der Waals surface area contributed by atoms with Gasteiger partial charge in [0.05, 0.1) is 10.8 Å². The van der Waals surface area contributed by atoms with Crippen molar-refractivity contribution in [3.8, 4) is 11.4 Å².